The summed E-state index contributed by atoms with van der Waals surface area (Å²) in [6, 6.07) is 4.31. The van der Waals surface area contributed by atoms with Crippen LogP contribution in [0, 0.1) is 5.92 Å². The molecule has 2 aromatic rings. The standard InChI is InChI=1S/C18H25N3/c1-12(2)10-13-7-8-15(19-11-13)16-14-6-5-9-18(3,4)17(14)21-20-16/h7-8,11-12H,5-6,9-10H2,1-4H3,(H,20,21). The molecule has 0 aliphatic heterocycles. The molecule has 0 unspecified atom stereocenters. The summed E-state index contributed by atoms with van der Waals surface area (Å²) in [7, 11) is 0. The molecule has 0 bridgehead atoms. The monoisotopic (exact) mass is 283 g/mol. The first-order chi connectivity index (χ1) is 9.97. The molecule has 21 heavy (non-hydrogen) atoms. The van der Waals surface area contributed by atoms with Gasteiger partial charge < -0.3 is 0 Å². The molecule has 1 aliphatic rings. The second-order valence-corrected chi connectivity index (χ2v) is 7.31. The van der Waals surface area contributed by atoms with Crippen molar-refractivity contribution in [2.24, 2.45) is 5.92 Å². The minimum absolute atomic E-state index is 0.205. The Labute approximate surface area is 127 Å². The molecular formula is C18H25N3. The highest BCUT2D eigenvalue weighted by atomic mass is 15.1. The number of aromatic amines is 1. The van der Waals surface area contributed by atoms with Gasteiger partial charge in [-0.2, -0.15) is 5.10 Å². The maximum Gasteiger partial charge on any atom is 0.114 e. The van der Waals surface area contributed by atoms with Gasteiger partial charge in [0.15, 0.2) is 0 Å². The molecule has 0 saturated carbocycles. The van der Waals surface area contributed by atoms with Crippen LogP contribution in [0.4, 0.5) is 0 Å². The van der Waals surface area contributed by atoms with Crippen LogP contribution in [-0.2, 0) is 18.3 Å². The van der Waals surface area contributed by atoms with Gasteiger partial charge in [-0.25, -0.2) is 0 Å². The lowest BCUT2D eigenvalue weighted by atomic mass is 9.76. The van der Waals surface area contributed by atoms with E-state index in [1.54, 1.807) is 0 Å². The minimum Gasteiger partial charge on any atom is -0.281 e. The third kappa shape index (κ3) is 2.74. The topological polar surface area (TPSA) is 41.6 Å². The van der Waals surface area contributed by atoms with Gasteiger partial charge in [0.25, 0.3) is 0 Å². The number of nitrogens with one attached hydrogen (secondary N) is 1. The quantitative estimate of drug-likeness (QED) is 0.913. The second-order valence-electron chi connectivity index (χ2n) is 7.31. The van der Waals surface area contributed by atoms with Crippen LogP contribution in [-0.4, -0.2) is 15.2 Å². The summed E-state index contributed by atoms with van der Waals surface area (Å²) in [5.41, 5.74) is 6.23. The molecule has 2 aromatic heterocycles. The first kappa shape index (κ1) is 14.3. The molecule has 0 amide bonds. The molecule has 1 aliphatic carbocycles. The number of H-pyrrole nitrogens is 1. The number of nitrogens with zero attached hydrogens (tertiary/aromatic N) is 2. The number of hydrogen-bond donors (Lipinski definition) is 1. The fourth-order valence-electron chi connectivity index (χ4n) is 3.37. The molecule has 0 aromatic carbocycles. The first-order valence-corrected chi connectivity index (χ1v) is 8.00. The van der Waals surface area contributed by atoms with Crippen LogP contribution in [0.5, 0.6) is 0 Å². The Morgan fingerprint density at radius 3 is 2.76 bits per heavy atom. The SMILES string of the molecule is CC(C)Cc1ccc(-c2n[nH]c3c2CCCC3(C)C)nc1. The highest BCUT2D eigenvalue weighted by molar-refractivity contribution is 5.61. The maximum atomic E-state index is 4.65. The van der Waals surface area contributed by atoms with Gasteiger partial charge in [-0.15, -0.1) is 0 Å². The molecule has 3 rings (SSSR count). The average molecular weight is 283 g/mol. The zero-order valence-electron chi connectivity index (χ0n) is 13.5. The smallest absolute Gasteiger partial charge is 0.114 e. The van der Waals surface area contributed by atoms with E-state index in [0.29, 0.717) is 5.92 Å². The third-order valence-electron chi connectivity index (χ3n) is 4.48. The Bertz CT molecular complexity index is 620. The Morgan fingerprint density at radius 2 is 2.10 bits per heavy atom. The van der Waals surface area contributed by atoms with Crippen molar-refractivity contribution in [1.29, 1.82) is 0 Å². The van der Waals surface area contributed by atoms with E-state index in [-0.39, 0.29) is 5.41 Å². The number of aromatic nitrogens is 3. The van der Waals surface area contributed by atoms with Gasteiger partial charge in [0.2, 0.25) is 0 Å². The summed E-state index contributed by atoms with van der Waals surface area (Å²) in [6.07, 6.45) is 6.66. The number of hydrogen-bond acceptors (Lipinski definition) is 2. The summed E-state index contributed by atoms with van der Waals surface area (Å²) in [5.74, 6) is 0.664. The van der Waals surface area contributed by atoms with Crippen molar-refractivity contribution < 1.29 is 0 Å². The largest absolute Gasteiger partial charge is 0.281 e. The molecule has 0 fully saturated rings. The average Bonchev–Trinajstić information content (AvgIpc) is 2.84. The van der Waals surface area contributed by atoms with Crippen LogP contribution in [0.15, 0.2) is 18.3 Å². The van der Waals surface area contributed by atoms with Crippen LogP contribution >= 0.6 is 0 Å². The van der Waals surface area contributed by atoms with Crippen molar-refractivity contribution in [3.63, 3.8) is 0 Å². The van der Waals surface area contributed by atoms with E-state index in [4.69, 9.17) is 0 Å². The summed E-state index contributed by atoms with van der Waals surface area (Å²) in [4.78, 5) is 4.65. The molecule has 0 atom stereocenters. The second kappa shape index (κ2) is 5.28. The summed E-state index contributed by atoms with van der Waals surface area (Å²) in [6.45, 7) is 9.07. The van der Waals surface area contributed by atoms with Crippen molar-refractivity contribution in [1.82, 2.24) is 15.2 Å². The van der Waals surface area contributed by atoms with Gasteiger partial charge in [0.05, 0.1) is 5.69 Å². The van der Waals surface area contributed by atoms with Crippen LogP contribution in [0.25, 0.3) is 11.4 Å². The van der Waals surface area contributed by atoms with E-state index in [1.807, 2.05) is 6.20 Å². The highest BCUT2D eigenvalue weighted by Gasteiger charge is 2.31. The van der Waals surface area contributed by atoms with Gasteiger partial charge in [0, 0.05) is 22.9 Å². The van der Waals surface area contributed by atoms with E-state index in [9.17, 15) is 0 Å². The van der Waals surface area contributed by atoms with Gasteiger partial charge in [-0.3, -0.25) is 10.1 Å². The lowest BCUT2D eigenvalue weighted by molar-refractivity contribution is 0.420. The minimum atomic E-state index is 0.205. The molecule has 0 radical (unpaired) electrons. The lowest BCUT2D eigenvalue weighted by Crippen LogP contribution is -2.23. The Kier molecular flexibility index (Phi) is 3.60. The fraction of sp³-hybridized carbons (Fsp3) is 0.556. The molecule has 1 N–H and O–H groups in total. The van der Waals surface area contributed by atoms with Crippen molar-refractivity contribution in [3.05, 3.63) is 35.2 Å². The van der Waals surface area contributed by atoms with E-state index in [0.717, 1.165) is 24.2 Å². The predicted molar refractivity (Wildman–Crippen MR) is 86.3 cm³/mol. The lowest BCUT2D eigenvalue weighted by Gasteiger charge is -2.29. The van der Waals surface area contributed by atoms with E-state index in [1.165, 1.54) is 29.7 Å². The van der Waals surface area contributed by atoms with Crippen molar-refractivity contribution in [2.75, 3.05) is 0 Å². The van der Waals surface area contributed by atoms with Gasteiger partial charge in [-0.05, 0) is 43.2 Å². The normalized spacial score (nSPS) is 17.0. The number of rotatable bonds is 3. The molecule has 3 nitrogen and oxygen atoms in total. The van der Waals surface area contributed by atoms with Gasteiger partial charge in [0.1, 0.15) is 5.69 Å². The van der Waals surface area contributed by atoms with Crippen LogP contribution in [0.3, 0.4) is 0 Å². The molecular weight excluding hydrogens is 258 g/mol. The van der Waals surface area contributed by atoms with Crippen LogP contribution in [0.1, 0.15) is 57.4 Å². The van der Waals surface area contributed by atoms with Crippen molar-refractivity contribution in [2.45, 2.75) is 58.8 Å². The zero-order chi connectivity index (χ0) is 15.0. The van der Waals surface area contributed by atoms with Gasteiger partial charge in [-0.1, -0.05) is 33.8 Å². The van der Waals surface area contributed by atoms with Crippen molar-refractivity contribution in [3.8, 4) is 11.4 Å². The highest BCUT2D eigenvalue weighted by Crippen LogP contribution is 2.38. The first-order valence-electron chi connectivity index (χ1n) is 8.00. The molecule has 0 saturated heterocycles. The Morgan fingerprint density at radius 1 is 1.29 bits per heavy atom. The number of fused-ring (bicyclic) bond motifs is 1. The van der Waals surface area contributed by atoms with E-state index >= 15 is 0 Å². The molecule has 0 spiro atoms. The summed E-state index contributed by atoms with van der Waals surface area (Å²) in [5, 5.41) is 7.84. The summed E-state index contributed by atoms with van der Waals surface area (Å²) >= 11 is 0. The van der Waals surface area contributed by atoms with Crippen LogP contribution in [0.2, 0.25) is 0 Å². The van der Waals surface area contributed by atoms with E-state index < -0.39 is 0 Å². The molecule has 3 heteroatoms. The molecule has 112 valence electrons. The fourth-order valence-corrected chi connectivity index (χ4v) is 3.37. The Hall–Kier alpha value is -1.64. The van der Waals surface area contributed by atoms with Gasteiger partial charge >= 0.3 is 0 Å². The summed E-state index contributed by atoms with van der Waals surface area (Å²) < 4.78 is 0. The number of pyridine rings is 1. The molecule has 2 heterocycles. The maximum absolute atomic E-state index is 4.65. The van der Waals surface area contributed by atoms with Crippen molar-refractivity contribution >= 4 is 0 Å². The van der Waals surface area contributed by atoms with E-state index in [2.05, 4.69) is 55.0 Å². The third-order valence-corrected chi connectivity index (χ3v) is 4.48. The predicted octanol–water partition coefficient (Wildman–Crippen LogP) is 4.28. The Balaban J connectivity index is 1.93. The zero-order valence-corrected chi connectivity index (χ0v) is 13.5. The van der Waals surface area contributed by atoms with Crippen LogP contribution < -0.4 is 0 Å².